The van der Waals surface area contributed by atoms with E-state index >= 15 is 0 Å². The summed E-state index contributed by atoms with van der Waals surface area (Å²) < 4.78 is 27.5. The van der Waals surface area contributed by atoms with Gasteiger partial charge in [-0.05, 0) is 37.7 Å². The van der Waals surface area contributed by atoms with E-state index in [9.17, 15) is 9.90 Å². The smallest absolute Gasteiger partial charge is 2.00 e. The number of aliphatic hydroxyl groups is 1. The molecule has 2 atom stereocenters. The summed E-state index contributed by atoms with van der Waals surface area (Å²) in [5.41, 5.74) is 0.943. The van der Waals surface area contributed by atoms with Gasteiger partial charge in [0.2, 0.25) is 0 Å². The number of unbranched alkanes of at least 4 members (excludes halogenated alkanes) is 2. The molecular formula is C20H25FeO6+. The first-order valence-electron chi connectivity index (χ1n) is 8.15. The van der Waals surface area contributed by atoms with Crippen molar-refractivity contribution in [2.45, 2.75) is 64.1 Å². The molecule has 0 spiro atoms. The summed E-state index contributed by atoms with van der Waals surface area (Å²) in [6.45, 7) is 17.2. The third kappa shape index (κ3) is 20.6. The van der Waals surface area contributed by atoms with Gasteiger partial charge in [0.25, 0.3) is 0 Å². The van der Waals surface area contributed by atoms with Crippen LogP contribution in [-0.2, 0) is 40.6 Å². The fourth-order valence-corrected chi connectivity index (χ4v) is 2.33. The molecule has 0 aliphatic carbocycles. The molecule has 148 valence electrons. The zero-order valence-electron chi connectivity index (χ0n) is 15.3. The van der Waals surface area contributed by atoms with Crippen LogP contribution in [0.1, 0.15) is 63.5 Å². The molecular weight excluding hydrogens is 392 g/mol. The van der Waals surface area contributed by atoms with Crippen LogP contribution in [0.15, 0.2) is 30.3 Å². The van der Waals surface area contributed by atoms with Crippen molar-refractivity contribution >= 4 is 6.47 Å². The molecule has 0 aromatic heterocycles. The second kappa shape index (κ2) is 29.2. The molecule has 1 rings (SSSR count). The van der Waals surface area contributed by atoms with Gasteiger partial charge in [0.15, 0.2) is 0 Å². The van der Waals surface area contributed by atoms with E-state index < -0.39 is 6.10 Å². The van der Waals surface area contributed by atoms with Crippen LogP contribution in [0.2, 0.25) is 0 Å². The van der Waals surface area contributed by atoms with E-state index in [0.717, 1.165) is 44.1 Å². The summed E-state index contributed by atoms with van der Waals surface area (Å²) in [7, 11) is 0. The van der Waals surface area contributed by atoms with Crippen molar-refractivity contribution in [2.24, 2.45) is 0 Å². The van der Waals surface area contributed by atoms with Crippen molar-refractivity contribution in [3.8, 4) is 0 Å². The Morgan fingerprint density at radius 3 is 1.96 bits per heavy atom. The maximum atomic E-state index is 10.4. The molecule has 0 amide bonds. The van der Waals surface area contributed by atoms with Gasteiger partial charge in [0.05, 0.1) is 12.2 Å². The van der Waals surface area contributed by atoms with Crippen molar-refractivity contribution in [2.75, 3.05) is 0 Å². The topological polar surface area (TPSA) is 106 Å². The second-order valence-electron chi connectivity index (χ2n) is 5.18. The molecule has 0 aliphatic rings. The third-order valence-electron chi connectivity index (χ3n) is 3.53. The number of hydrogen-bond donors (Lipinski definition) is 1. The summed E-state index contributed by atoms with van der Waals surface area (Å²) in [5.74, 6) is 0. The molecule has 1 aromatic carbocycles. The van der Waals surface area contributed by atoms with E-state index in [1.54, 1.807) is 6.47 Å². The molecule has 1 aromatic rings. The van der Waals surface area contributed by atoms with Crippen LogP contribution >= 0.6 is 0 Å². The second-order valence-corrected chi connectivity index (χ2v) is 5.18. The molecule has 0 radical (unpaired) electrons. The Balaban J connectivity index is -0.000000342. The van der Waals surface area contributed by atoms with Gasteiger partial charge in [0.1, 0.15) is 0 Å². The van der Waals surface area contributed by atoms with E-state index in [1.165, 1.54) is 0 Å². The normalized spacial score (nSPS) is 10.4. The SMILES string of the molecule is CCCCC[C@@H](CCC[C@@H](O)c1ccccc1)O[C-]=O.[C-]#[O+].[C-]#[O+].[C-]#[O+].[Fe+2]. The van der Waals surface area contributed by atoms with E-state index in [1.807, 2.05) is 30.3 Å². The van der Waals surface area contributed by atoms with Gasteiger partial charge in [-0.1, -0.05) is 56.6 Å². The van der Waals surface area contributed by atoms with Gasteiger partial charge in [-0.3, -0.25) is 0 Å². The van der Waals surface area contributed by atoms with Crippen LogP contribution in [0, 0.1) is 20.0 Å². The third-order valence-corrected chi connectivity index (χ3v) is 3.53. The van der Waals surface area contributed by atoms with Crippen molar-refractivity contribution < 1.29 is 45.7 Å². The molecule has 0 saturated carbocycles. The Labute approximate surface area is 172 Å². The van der Waals surface area contributed by atoms with Gasteiger partial charge in [-0.2, -0.15) is 0 Å². The molecule has 0 heterocycles. The largest absolute Gasteiger partial charge is 2.00 e. The molecule has 27 heavy (non-hydrogen) atoms. The van der Waals surface area contributed by atoms with Crippen molar-refractivity contribution in [1.82, 2.24) is 0 Å². The van der Waals surface area contributed by atoms with E-state index in [4.69, 9.17) is 18.7 Å². The maximum Gasteiger partial charge on any atom is 2.00 e. The van der Waals surface area contributed by atoms with E-state index in [2.05, 4.69) is 26.9 Å². The summed E-state index contributed by atoms with van der Waals surface area (Å²) in [6, 6.07) is 9.65. The standard InChI is InChI=1S/C17H25O3.3CO.Fe/c1-2-3-5-11-16(20-14-18)12-8-13-17(19)15-9-6-4-7-10-15;3*1-2;/h4,6-7,9-10,16-17,19H,2-3,5,8,11-13H2,1H3;;;;/q-1;;;;+2/t16-,17+;;;;/m0..../s1. The van der Waals surface area contributed by atoms with E-state index in [-0.39, 0.29) is 23.2 Å². The van der Waals surface area contributed by atoms with E-state index in [0.29, 0.717) is 6.42 Å². The predicted octanol–water partition coefficient (Wildman–Crippen LogP) is 3.81. The van der Waals surface area contributed by atoms with Crippen LogP contribution in [0.5, 0.6) is 0 Å². The van der Waals surface area contributed by atoms with Gasteiger partial charge < -0.3 is 14.6 Å². The number of rotatable bonds is 11. The number of carbonyl (C=O) groups excluding carboxylic acids is 1. The van der Waals surface area contributed by atoms with Crippen molar-refractivity contribution in [1.29, 1.82) is 0 Å². The van der Waals surface area contributed by atoms with Crippen molar-refractivity contribution in [3.63, 3.8) is 0 Å². The van der Waals surface area contributed by atoms with Gasteiger partial charge in [-0.25, -0.2) is 0 Å². The van der Waals surface area contributed by atoms with Crippen molar-refractivity contribution in [3.05, 3.63) is 55.8 Å². The first kappa shape index (κ1) is 33.0. The quantitative estimate of drug-likeness (QED) is 0.256. The molecule has 0 aliphatic heterocycles. The predicted molar refractivity (Wildman–Crippen MR) is 91.7 cm³/mol. The summed E-state index contributed by atoms with van der Waals surface area (Å²) in [5, 5.41) is 10.1. The molecule has 6 nitrogen and oxygen atoms in total. The average molecular weight is 417 g/mol. The molecule has 1 N–H and O–H groups in total. The Kier molecular flexibility index (Phi) is 35.7. The van der Waals surface area contributed by atoms with Crippen LogP contribution in [0.3, 0.4) is 0 Å². The zero-order chi connectivity index (χ0) is 20.6. The van der Waals surface area contributed by atoms with Gasteiger partial charge >= 0.3 is 51.0 Å². The molecule has 0 unspecified atom stereocenters. The maximum absolute atomic E-state index is 10.4. The zero-order valence-corrected chi connectivity index (χ0v) is 16.4. The fourth-order valence-electron chi connectivity index (χ4n) is 2.33. The van der Waals surface area contributed by atoms with Gasteiger partial charge in [-0.15, -0.1) is 0 Å². The minimum Gasteiger partial charge on any atom is 2.00 e. The summed E-state index contributed by atoms with van der Waals surface area (Å²) in [4.78, 5) is 10.4. The number of hydrogen-bond acceptors (Lipinski definition) is 3. The Morgan fingerprint density at radius 2 is 1.48 bits per heavy atom. The minimum atomic E-state index is -0.437. The van der Waals surface area contributed by atoms with Crippen LogP contribution in [-0.4, -0.2) is 17.7 Å². The first-order chi connectivity index (χ1) is 12.8. The number of benzene rings is 1. The number of aliphatic hydroxyl groups excluding tert-OH is 1. The number of ether oxygens (including phenoxy) is 1. The van der Waals surface area contributed by atoms with Crippen LogP contribution < -0.4 is 0 Å². The average Bonchev–Trinajstić information content (AvgIpc) is 2.73. The monoisotopic (exact) mass is 417 g/mol. The Hall–Kier alpha value is -1.61. The summed E-state index contributed by atoms with van der Waals surface area (Å²) in [6.07, 6.45) is 6.12. The Morgan fingerprint density at radius 1 is 0.963 bits per heavy atom. The minimum absolute atomic E-state index is 0. The van der Waals surface area contributed by atoms with Crippen LogP contribution in [0.25, 0.3) is 0 Å². The molecule has 0 bridgehead atoms. The first-order valence-corrected chi connectivity index (χ1v) is 8.15. The summed E-state index contributed by atoms with van der Waals surface area (Å²) >= 11 is 0. The van der Waals surface area contributed by atoms with Crippen LogP contribution in [0.4, 0.5) is 0 Å². The van der Waals surface area contributed by atoms with Gasteiger partial charge in [0, 0.05) is 0 Å². The Bertz CT molecular complexity index is 458. The molecule has 0 fully saturated rings. The molecule has 0 saturated heterocycles. The molecule has 7 heteroatoms. The fraction of sp³-hybridized carbons (Fsp3) is 0.500.